The fraction of sp³-hybridized carbons (Fsp3) is 1.00. The molecule has 21 heavy (non-hydrogen) atoms. The second-order valence-electron chi connectivity index (χ2n) is 8.16. The molecule has 2 aliphatic carbocycles. The number of fused-ring (bicyclic) bond motifs is 1. The first kappa shape index (κ1) is 15.8. The van der Waals surface area contributed by atoms with Crippen molar-refractivity contribution in [2.45, 2.75) is 83.4 Å². The molecule has 0 aromatic carbocycles. The summed E-state index contributed by atoms with van der Waals surface area (Å²) in [6.45, 7) is 10.1. The lowest BCUT2D eigenvalue weighted by atomic mass is 9.46. The summed E-state index contributed by atoms with van der Waals surface area (Å²) in [4.78, 5) is 2.69. The Morgan fingerprint density at radius 3 is 2.48 bits per heavy atom. The van der Waals surface area contributed by atoms with E-state index in [1.807, 2.05) is 0 Å². The molecule has 0 spiro atoms. The van der Waals surface area contributed by atoms with Gasteiger partial charge in [-0.25, -0.2) is 0 Å². The Morgan fingerprint density at radius 1 is 1.10 bits per heavy atom. The molecule has 3 aliphatic rings. The maximum Gasteiger partial charge on any atom is 0.0690 e. The van der Waals surface area contributed by atoms with Crippen LogP contribution in [0.2, 0.25) is 0 Å². The van der Waals surface area contributed by atoms with Crippen LogP contribution in [0.4, 0.5) is 0 Å². The number of rotatable bonds is 4. The largest absolute Gasteiger partial charge is 0.377 e. The van der Waals surface area contributed by atoms with Crippen LogP contribution in [0.3, 0.4) is 0 Å². The van der Waals surface area contributed by atoms with Crippen molar-refractivity contribution in [3.8, 4) is 0 Å². The summed E-state index contributed by atoms with van der Waals surface area (Å²) < 4.78 is 6.05. The van der Waals surface area contributed by atoms with Crippen molar-refractivity contribution in [3.63, 3.8) is 0 Å². The lowest BCUT2D eigenvalue weighted by molar-refractivity contribution is -0.233. The third kappa shape index (κ3) is 2.46. The average molecular weight is 294 g/mol. The van der Waals surface area contributed by atoms with E-state index in [-0.39, 0.29) is 11.0 Å². The van der Waals surface area contributed by atoms with Gasteiger partial charge in [0.05, 0.1) is 6.10 Å². The highest BCUT2D eigenvalue weighted by Crippen LogP contribution is 2.57. The smallest absolute Gasteiger partial charge is 0.0690 e. The molecule has 3 fully saturated rings. The molecule has 0 aromatic rings. The zero-order valence-electron chi connectivity index (χ0n) is 14.2. The second-order valence-corrected chi connectivity index (χ2v) is 8.16. The Hall–Kier alpha value is -0.120. The average Bonchev–Trinajstić information content (AvgIpc) is 2.53. The standard InChI is InChI=1S/C18H34N2O/c1-4-20(14-9-6-5-7-10-14)13-18(19)15-11-8-12-21-16(15)17(18,2)3/h14-16H,4-13,19H2,1-3H3. The minimum absolute atomic E-state index is 0.0639. The number of hydrogen-bond acceptors (Lipinski definition) is 3. The summed E-state index contributed by atoms with van der Waals surface area (Å²) in [5, 5.41) is 0. The van der Waals surface area contributed by atoms with Crippen LogP contribution in [0.15, 0.2) is 0 Å². The molecule has 3 rings (SSSR count). The van der Waals surface area contributed by atoms with Gasteiger partial charge in [-0.05, 0) is 32.2 Å². The molecule has 3 heteroatoms. The van der Waals surface area contributed by atoms with E-state index in [0.29, 0.717) is 12.0 Å². The fourth-order valence-electron chi connectivity index (χ4n) is 5.27. The number of likely N-dealkylation sites (N-methyl/N-ethyl adjacent to an activating group) is 1. The number of nitrogens with zero attached hydrogens (tertiary/aromatic N) is 1. The molecule has 3 atom stereocenters. The zero-order chi connectivity index (χ0) is 15.1. The van der Waals surface area contributed by atoms with Crippen molar-refractivity contribution in [2.75, 3.05) is 19.7 Å². The van der Waals surface area contributed by atoms with Crippen molar-refractivity contribution < 1.29 is 4.74 Å². The van der Waals surface area contributed by atoms with Crippen molar-refractivity contribution in [2.24, 2.45) is 17.1 Å². The Kier molecular flexibility index (Phi) is 4.37. The minimum atomic E-state index is -0.0639. The summed E-state index contributed by atoms with van der Waals surface area (Å²) in [5.74, 6) is 0.568. The van der Waals surface area contributed by atoms with Crippen LogP contribution < -0.4 is 5.73 Å². The van der Waals surface area contributed by atoms with Gasteiger partial charge in [-0.1, -0.05) is 40.0 Å². The summed E-state index contributed by atoms with van der Waals surface area (Å²) >= 11 is 0. The molecule has 1 aliphatic heterocycles. The van der Waals surface area contributed by atoms with Gasteiger partial charge in [0.25, 0.3) is 0 Å². The third-order valence-electron chi connectivity index (χ3n) is 6.86. The molecule has 1 heterocycles. The van der Waals surface area contributed by atoms with Crippen LogP contribution in [-0.4, -0.2) is 42.3 Å². The first-order valence-electron chi connectivity index (χ1n) is 9.15. The SMILES string of the molecule is CCN(CC1(N)C2CCCOC2C1(C)C)C1CCCCC1. The zero-order valence-corrected chi connectivity index (χ0v) is 14.2. The Morgan fingerprint density at radius 2 is 1.81 bits per heavy atom. The highest BCUT2D eigenvalue weighted by atomic mass is 16.5. The molecular formula is C18H34N2O. The predicted octanol–water partition coefficient (Wildman–Crippen LogP) is 3.17. The highest BCUT2D eigenvalue weighted by Gasteiger charge is 2.66. The molecule has 0 aromatic heterocycles. The molecule has 122 valence electrons. The topological polar surface area (TPSA) is 38.5 Å². The highest BCUT2D eigenvalue weighted by molar-refractivity contribution is 5.21. The van der Waals surface area contributed by atoms with Crippen molar-refractivity contribution in [3.05, 3.63) is 0 Å². The quantitative estimate of drug-likeness (QED) is 0.865. The van der Waals surface area contributed by atoms with Gasteiger partial charge in [0.2, 0.25) is 0 Å². The van der Waals surface area contributed by atoms with E-state index in [0.717, 1.165) is 25.7 Å². The van der Waals surface area contributed by atoms with Crippen LogP contribution >= 0.6 is 0 Å². The van der Waals surface area contributed by atoms with E-state index >= 15 is 0 Å². The first-order valence-corrected chi connectivity index (χ1v) is 9.15. The van der Waals surface area contributed by atoms with Crippen molar-refractivity contribution in [1.29, 1.82) is 0 Å². The molecule has 3 unspecified atom stereocenters. The molecule has 1 saturated heterocycles. The fourth-order valence-corrected chi connectivity index (χ4v) is 5.27. The second kappa shape index (κ2) is 5.82. The van der Waals surface area contributed by atoms with Gasteiger partial charge >= 0.3 is 0 Å². The molecule has 0 amide bonds. The molecule has 3 nitrogen and oxygen atoms in total. The summed E-state index contributed by atoms with van der Waals surface area (Å²) in [5.41, 5.74) is 7.04. The van der Waals surface area contributed by atoms with Crippen LogP contribution in [0.25, 0.3) is 0 Å². The van der Waals surface area contributed by atoms with Gasteiger partial charge in [0, 0.05) is 36.1 Å². The van der Waals surface area contributed by atoms with E-state index in [2.05, 4.69) is 25.7 Å². The molecular weight excluding hydrogens is 260 g/mol. The molecule has 2 saturated carbocycles. The number of ether oxygens (including phenoxy) is 1. The monoisotopic (exact) mass is 294 g/mol. The number of nitrogens with two attached hydrogens (primary N) is 1. The van der Waals surface area contributed by atoms with Gasteiger partial charge < -0.3 is 10.5 Å². The van der Waals surface area contributed by atoms with E-state index in [9.17, 15) is 0 Å². The van der Waals surface area contributed by atoms with Gasteiger partial charge in [0.15, 0.2) is 0 Å². The van der Waals surface area contributed by atoms with E-state index in [1.54, 1.807) is 0 Å². The van der Waals surface area contributed by atoms with Gasteiger partial charge in [-0.3, -0.25) is 4.90 Å². The van der Waals surface area contributed by atoms with Crippen LogP contribution in [-0.2, 0) is 4.74 Å². The summed E-state index contributed by atoms with van der Waals surface area (Å²) in [7, 11) is 0. The van der Waals surface area contributed by atoms with Crippen LogP contribution in [0.1, 0.15) is 65.7 Å². The Bertz CT molecular complexity index is 364. The van der Waals surface area contributed by atoms with Gasteiger partial charge in [0.1, 0.15) is 0 Å². The minimum Gasteiger partial charge on any atom is -0.377 e. The lowest BCUT2D eigenvalue weighted by Gasteiger charge is -2.67. The molecule has 0 radical (unpaired) electrons. The lowest BCUT2D eigenvalue weighted by Crippen LogP contribution is -2.80. The maximum atomic E-state index is 7.00. The van der Waals surface area contributed by atoms with Crippen LogP contribution in [0, 0.1) is 11.3 Å². The Balaban J connectivity index is 1.71. The normalized spacial score (nSPS) is 39.9. The van der Waals surface area contributed by atoms with Gasteiger partial charge in [-0.15, -0.1) is 0 Å². The number of hydrogen-bond donors (Lipinski definition) is 1. The van der Waals surface area contributed by atoms with Crippen molar-refractivity contribution >= 4 is 0 Å². The van der Waals surface area contributed by atoms with E-state index < -0.39 is 0 Å². The van der Waals surface area contributed by atoms with Crippen molar-refractivity contribution in [1.82, 2.24) is 4.90 Å². The summed E-state index contributed by atoms with van der Waals surface area (Å²) in [6.07, 6.45) is 9.80. The predicted molar refractivity (Wildman–Crippen MR) is 87.3 cm³/mol. The van der Waals surface area contributed by atoms with E-state index in [1.165, 1.54) is 44.9 Å². The van der Waals surface area contributed by atoms with Gasteiger partial charge in [-0.2, -0.15) is 0 Å². The summed E-state index contributed by atoms with van der Waals surface area (Å²) in [6, 6.07) is 0.767. The molecule has 2 N–H and O–H groups in total. The molecule has 0 bridgehead atoms. The van der Waals surface area contributed by atoms with Crippen LogP contribution in [0.5, 0.6) is 0 Å². The Labute approximate surface area is 130 Å². The first-order chi connectivity index (χ1) is 10.0. The van der Waals surface area contributed by atoms with E-state index in [4.69, 9.17) is 10.5 Å². The maximum absolute atomic E-state index is 7.00. The third-order valence-corrected chi connectivity index (χ3v) is 6.86.